The minimum Gasteiger partial charge on any atom is -0.311 e. The number of hydrogen-bond acceptors (Lipinski definition) is 4. The highest BCUT2D eigenvalue weighted by atomic mass is 32.2. The molecule has 0 radical (unpaired) electrons. The van der Waals surface area contributed by atoms with Gasteiger partial charge in [-0.25, -0.2) is 8.42 Å². The number of rotatable bonds is 3. The molecule has 3 atom stereocenters. The monoisotopic (exact) mass is 286 g/mol. The van der Waals surface area contributed by atoms with Crippen LogP contribution in [0.25, 0.3) is 0 Å². The number of hydrogen-bond donors (Lipinski definition) is 1. The largest absolute Gasteiger partial charge is 0.311 e. The Labute approximate surface area is 116 Å². The van der Waals surface area contributed by atoms with Crippen molar-refractivity contribution in [1.82, 2.24) is 10.2 Å². The van der Waals surface area contributed by atoms with Gasteiger partial charge in [0.25, 0.3) is 0 Å². The van der Waals surface area contributed by atoms with Crippen LogP contribution in [0.1, 0.15) is 33.1 Å². The molecule has 2 saturated heterocycles. The summed E-state index contributed by atoms with van der Waals surface area (Å²) in [4.78, 5) is 2.52. The first-order valence-electron chi connectivity index (χ1n) is 7.66. The van der Waals surface area contributed by atoms with Crippen molar-refractivity contribution >= 4 is 9.84 Å². The van der Waals surface area contributed by atoms with Gasteiger partial charge in [-0.1, -0.05) is 13.8 Å². The average molecular weight is 286 g/mol. The molecule has 0 aromatic rings. The summed E-state index contributed by atoms with van der Waals surface area (Å²) >= 11 is 0. The first-order valence-corrected chi connectivity index (χ1v) is 9.48. The fraction of sp³-hybridized carbons (Fsp3) is 1.00. The molecule has 0 spiro atoms. The van der Waals surface area contributed by atoms with Crippen molar-refractivity contribution in [2.24, 2.45) is 11.8 Å². The maximum Gasteiger partial charge on any atom is 0.151 e. The molecular weight excluding hydrogens is 260 g/mol. The van der Waals surface area contributed by atoms with Gasteiger partial charge >= 0.3 is 0 Å². The van der Waals surface area contributed by atoms with Crippen molar-refractivity contribution in [3.05, 3.63) is 0 Å². The maximum atomic E-state index is 11.7. The normalized spacial score (nSPS) is 39.8. The lowest BCUT2D eigenvalue weighted by molar-refractivity contribution is 0.0599. The van der Waals surface area contributed by atoms with E-state index in [1.165, 1.54) is 12.8 Å². The average Bonchev–Trinajstić information content (AvgIpc) is 3.13. The number of sulfone groups is 1. The predicted molar refractivity (Wildman–Crippen MR) is 76.9 cm³/mol. The second-order valence-corrected chi connectivity index (χ2v) is 9.15. The molecule has 1 N–H and O–H groups in total. The van der Waals surface area contributed by atoms with Crippen LogP contribution in [0, 0.1) is 11.8 Å². The van der Waals surface area contributed by atoms with E-state index in [4.69, 9.17) is 0 Å². The number of nitrogens with one attached hydrogen (secondary N) is 1. The van der Waals surface area contributed by atoms with Crippen molar-refractivity contribution in [3.8, 4) is 0 Å². The first kappa shape index (κ1) is 13.8. The van der Waals surface area contributed by atoms with Crippen LogP contribution in [-0.2, 0) is 9.84 Å². The van der Waals surface area contributed by atoms with Crippen molar-refractivity contribution in [2.75, 3.05) is 24.6 Å². The lowest BCUT2D eigenvalue weighted by Crippen LogP contribution is -2.61. The summed E-state index contributed by atoms with van der Waals surface area (Å²) in [6.45, 7) is 6.57. The van der Waals surface area contributed by atoms with Crippen molar-refractivity contribution in [2.45, 2.75) is 51.2 Å². The molecule has 2 aliphatic heterocycles. The topological polar surface area (TPSA) is 49.4 Å². The Morgan fingerprint density at radius 3 is 2.47 bits per heavy atom. The van der Waals surface area contributed by atoms with Crippen LogP contribution in [0.5, 0.6) is 0 Å². The van der Waals surface area contributed by atoms with Gasteiger partial charge in [0, 0.05) is 31.2 Å². The van der Waals surface area contributed by atoms with Gasteiger partial charge in [0.1, 0.15) is 0 Å². The van der Waals surface area contributed by atoms with Crippen LogP contribution < -0.4 is 5.32 Å². The lowest BCUT2D eigenvalue weighted by Gasteiger charge is -2.45. The standard InChI is InChI=1S/C14H26N2O2S/c1-10(2)14-7-15-13(11-3-4-11)8-16(14)12-5-6-19(17,18)9-12/h10-15H,3-9H2,1-2H3. The summed E-state index contributed by atoms with van der Waals surface area (Å²) in [5.74, 6) is 2.19. The van der Waals surface area contributed by atoms with Gasteiger partial charge < -0.3 is 5.32 Å². The Bertz CT molecular complexity index is 431. The summed E-state index contributed by atoms with van der Waals surface area (Å²) < 4.78 is 23.5. The predicted octanol–water partition coefficient (Wildman–Crippen LogP) is 0.882. The van der Waals surface area contributed by atoms with E-state index in [1.54, 1.807) is 0 Å². The Morgan fingerprint density at radius 1 is 1.21 bits per heavy atom. The smallest absolute Gasteiger partial charge is 0.151 e. The molecule has 4 nitrogen and oxygen atoms in total. The van der Waals surface area contributed by atoms with Gasteiger partial charge in [0.05, 0.1) is 11.5 Å². The third-order valence-corrected chi connectivity index (χ3v) is 6.81. The summed E-state index contributed by atoms with van der Waals surface area (Å²) in [5, 5.41) is 3.70. The van der Waals surface area contributed by atoms with Crippen molar-refractivity contribution in [1.29, 1.82) is 0 Å². The number of piperazine rings is 1. The minimum absolute atomic E-state index is 0.265. The fourth-order valence-corrected chi connectivity index (χ4v) is 5.45. The Hall–Kier alpha value is -0.130. The van der Waals surface area contributed by atoms with Gasteiger partial charge in [-0.05, 0) is 31.1 Å². The van der Waals surface area contributed by atoms with Gasteiger partial charge in [0.2, 0.25) is 0 Å². The summed E-state index contributed by atoms with van der Waals surface area (Å²) in [5.41, 5.74) is 0. The molecule has 3 rings (SSSR count). The molecule has 0 aromatic heterocycles. The molecular formula is C14H26N2O2S. The molecule has 3 unspecified atom stereocenters. The summed E-state index contributed by atoms with van der Waals surface area (Å²) in [7, 11) is -2.78. The van der Waals surface area contributed by atoms with Crippen LogP contribution in [-0.4, -0.2) is 56.0 Å². The SMILES string of the molecule is CC(C)C1CNC(C2CC2)CN1C1CCS(=O)(=O)C1. The van der Waals surface area contributed by atoms with E-state index in [0.29, 0.717) is 29.5 Å². The van der Waals surface area contributed by atoms with Gasteiger partial charge in [-0.2, -0.15) is 0 Å². The summed E-state index contributed by atoms with van der Waals surface area (Å²) in [6, 6.07) is 1.35. The van der Waals surface area contributed by atoms with E-state index in [2.05, 4.69) is 24.1 Å². The van der Waals surface area contributed by atoms with E-state index in [9.17, 15) is 8.42 Å². The van der Waals surface area contributed by atoms with Crippen molar-refractivity contribution in [3.63, 3.8) is 0 Å². The quantitative estimate of drug-likeness (QED) is 0.837. The van der Waals surface area contributed by atoms with E-state index in [0.717, 1.165) is 25.4 Å². The molecule has 0 bridgehead atoms. The molecule has 3 aliphatic rings. The van der Waals surface area contributed by atoms with Gasteiger partial charge in [-0.3, -0.25) is 4.90 Å². The highest BCUT2D eigenvalue weighted by Crippen LogP contribution is 2.36. The first-order chi connectivity index (χ1) is 8.96. The van der Waals surface area contributed by atoms with E-state index >= 15 is 0 Å². The zero-order chi connectivity index (χ0) is 13.6. The molecule has 110 valence electrons. The molecule has 2 heterocycles. The van der Waals surface area contributed by atoms with E-state index in [-0.39, 0.29) is 6.04 Å². The molecule has 0 aromatic carbocycles. The second-order valence-electron chi connectivity index (χ2n) is 6.92. The van der Waals surface area contributed by atoms with E-state index < -0.39 is 9.84 Å². The number of nitrogens with zero attached hydrogens (tertiary/aromatic N) is 1. The molecule has 3 fully saturated rings. The third kappa shape index (κ3) is 2.98. The van der Waals surface area contributed by atoms with E-state index in [1.807, 2.05) is 0 Å². The molecule has 19 heavy (non-hydrogen) atoms. The molecule has 5 heteroatoms. The van der Waals surface area contributed by atoms with Gasteiger partial charge in [-0.15, -0.1) is 0 Å². The molecule has 0 amide bonds. The molecule has 1 saturated carbocycles. The fourth-order valence-electron chi connectivity index (χ4n) is 3.71. The Kier molecular flexibility index (Phi) is 3.65. The van der Waals surface area contributed by atoms with Crippen LogP contribution >= 0.6 is 0 Å². The van der Waals surface area contributed by atoms with Crippen LogP contribution in [0.4, 0.5) is 0 Å². The zero-order valence-electron chi connectivity index (χ0n) is 12.0. The zero-order valence-corrected chi connectivity index (χ0v) is 12.8. The minimum atomic E-state index is -2.78. The van der Waals surface area contributed by atoms with Crippen LogP contribution in [0.15, 0.2) is 0 Å². The van der Waals surface area contributed by atoms with Crippen LogP contribution in [0.2, 0.25) is 0 Å². The Balaban J connectivity index is 1.73. The van der Waals surface area contributed by atoms with Gasteiger partial charge in [0.15, 0.2) is 9.84 Å². The highest BCUT2D eigenvalue weighted by Gasteiger charge is 2.42. The Morgan fingerprint density at radius 2 is 1.95 bits per heavy atom. The lowest BCUT2D eigenvalue weighted by atomic mass is 9.95. The maximum absolute atomic E-state index is 11.7. The van der Waals surface area contributed by atoms with Crippen molar-refractivity contribution < 1.29 is 8.42 Å². The summed E-state index contributed by atoms with van der Waals surface area (Å²) in [6.07, 6.45) is 3.53. The molecule has 1 aliphatic carbocycles. The highest BCUT2D eigenvalue weighted by molar-refractivity contribution is 7.91. The van der Waals surface area contributed by atoms with Crippen LogP contribution in [0.3, 0.4) is 0 Å². The third-order valence-electron chi connectivity index (χ3n) is 5.06. The second kappa shape index (κ2) is 5.01.